The number of benzene rings is 2. The number of hydrogen-bond donors (Lipinski definition) is 2. The predicted octanol–water partition coefficient (Wildman–Crippen LogP) is 3.29. The quantitative estimate of drug-likeness (QED) is 0.612. The Morgan fingerprint density at radius 3 is 2.34 bits per heavy atom. The standard InChI is InChI=1S/C22H30N2O4S/c1-15(2)20-8-6-7-9-21(20)28-18(5)22(25)23-12-13-24-29(26,27)19-11-10-16(3)17(4)14-19/h6-11,14-15,18,24H,12-13H2,1-5H3,(H,23,25). The Labute approximate surface area is 173 Å². The lowest BCUT2D eigenvalue weighted by Gasteiger charge is -2.18. The average Bonchev–Trinajstić information content (AvgIpc) is 2.67. The minimum atomic E-state index is -3.61. The van der Waals surface area contributed by atoms with Crippen LogP contribution in [0.15, 0.2) is 47.4 Å². The van der Waals surface area contributed by atoms with E-state index in [9.17, 15) is 13.2 Å². The van der Waals surface area contributed by atoms with Crippen LogP contribution >= 0.6 is 0 Å². The van der Waals surface area contributed by atoms with Crippen LogP contribution in [0.4, 0.5) is 0 Å². The highest BCUT2D eigenvalue weighted by atomic mass is 32.2. The first kappa shape index (κ1) is 22.9. The van der Waals surface area contributed by atoms with E-state index in [0.717, 1.165) is 16.7 Å². The molecule has 1 atom stereocenters. The first-order valence-corrected chi connectivity index (χ1v) is 11.2. The van der Waals surface area contributed by atoms with Crippen LogP contribution in [-0.2, 0) is 14.8 Å². The highest BCUT2D eigenvalue weighted by Crippen LogP contribution is 2.26. The molecule has 2 aromatic carbocycles. The van der Waals surface area contributed by atoms with Crippen LogP contribution < -0.4 is 14.8 Å². The van der Waals surface area contributed by atoms with Gasteiger partial charge < -0.3 is 10.1 Å². The highest BCUT2D eigenvalue weighted by Gasteiger charge is 2.18. The van der Waals surface area contributed by atoms with E-state index in [-0.39, 0.29) is 29.8 Å². The largest absolute Gasteiger partial charge is 0.481 e. The lowest BCUT2D eigenvalue weighted by Crippen LogP contribution is -2.40. The molecule has 0 bridgehead atoms. The molecule has 6 nitrogen and oxygen atoms in total. The number of carbonyl (C=O) groups is 1. The summed E-state index contributed by atoms with van der Waals surface area (Å²) in [6, 6.07) is 12.6. The zero-order valence-electron chi connectivity index (χ0n) is 17.7. The van der Waals surface area contributed by atoms with Gasteiger partial charge in [-0.2, -0.15) is 0 Å². The Hall–Kier alpha value is -2.38. The summed E-state index contributed by atoms with van der Waals surface area (Å²) in [6.45, 7) is 9.86. The fourth-order valence-electron chi connectivity index (χ4n) is 2.79. The van der Waals surface area contributed by atoms with Crippen molar-refractivity contribution in [2.75, 3.05) is 13.1 Å². The highest BCUT2D eigenvalue weighted by molar-refractivity contribution is 7.89. The number of hydrogen-bond acceptors (Lipinski definition) is 4. The van der Waals surface area contributed by atoms with E-state index in [4.69, 9.17) is 4.74 Å². The van der Waals surface area contributed by atoms with Gasteiger partial charge in [0, 0.05) is 13.1 Å². The second-order valence-electron chi connectivity index (χ2n) is 7.39. The zero-order valence-corrected chi connectivity index (χ0v) is 18.5. The average molecular weight is 419 g/mol. The normalized spacial score (nSPS) is 12.6. The molecule has 158 valence electrons. The fourth-order valence-corrected chi connectivity index (χ4v) is 3.90. The molecule has 7 heteroatoms. The Morgan fingerprint density at radius 1 is 1.00 bits per heavy atom. The van der Waals surface area contributed by atoms with Gasteiger partial charge in [0.1, 0.15) is 5.75 Å². The van der Waals surface area contributed by atoms with Crippen molar-refractivity contribution in [3.63, 3.8) is 0 Å². The van der Waals surface area contributed by atoms with Gasteiger partial charge in [-0.1, -0.05) is 38.1 Å². The van der Waals surface area contributed by atoms with E-state index in [1.807, 2.05) is 38.1 Å². The number of para-hydroxylation sites is 1. The Morgan fingerprint density at radius 2 is 1.69 bits per heavy atom. The second kappa shape index (κ2) is 9.89. The van der Waals surface area contributed by atoms with Gasteiger partial charge in [0.15, 0.2) is 6.10 Å². The maximum absolute atomic E-state index is 12.4. The van der Waals surface area contributed by atoms with Crippen LogP contribution in [0.2, 0.25) is 0 Å². The van der Waals surface area contributed by atoms with Crippen LogP contribution in [0.25, 0.3) is 0 Å². The second-order valence-corrected chi connectivity index (χ2v) is 9.15. The number of sulfonamides is 1. The first-order valence-electron chi connectivity index (χ1n) is 9.72. The molecule has 0 aliphatic rings. The van der Waals surface area contributed by atoms with Crippen molar-refractivity contribution in [1.29, 1.82) is 0 Å². The van der Waals surface area contributed by atoms with E-state index < -0.39 is 16.1 Å². The summed E-state index contributed by atoms with van der Waals surface area (Å²) in [6.07, 6.45) is -0.689. The number of carbonyl (C=O) groups excluding carboxylic acids is 1. The van der Waals surface area contributed by atoms with Crippen molar-refractivity contribution in [2.24, 2.45) is 0 Å². The van der Waals surface area contributed by atoms with E-state index in [1.54, 1.807) is 25.1 Å². The lowest BCUT2D eigenvalue weighted by atomic mass is 10.0. The van der Waals surface area contributed by atoms with Gasteiger partial charge in [0.25, 0.3) is 5.91 Å². The SMILES string of the molecule is Cc1ccc(S(=O)(=O)NCCNC(=O)C(C)Oc2ccccc2C(C)C)cc1C. The minimum Gasteiger partial charge on any atom is -0.481 e. The molecule has 2 aromatic rings. The molecule has 1 unspecified atom stereocenters. The van der Waals surface area contributed by atoms with Gasteiger partial charge in [-0.05, 0) is 61.6 Å². The number of amides is 1. The van der Waals surface area contributed by atoms with Crippen LogP contribution in [0.3, 0.4) is 0 Å². The van der Waals surface area contributed by atoms with E-state index in [0.29, 0.717) is 5.75 Å². The third kappa shape index (κ3) is 6.30. The third-order valence-corrected chi connectivity index (χ3v) is 6.18. The Bertz CT molecular complexity index is 955. The van der Waals surface area contributed by atoms with Crippen molar-refractivity contribution in [3.05, 3.63) is 59.2 Å². The summed E-state index contributed by atoms with van der Waals surface area (Å²) in [5.41, 5.74) is 2.98. The molecule has 1 amide bonds. The topological polar surface area (TPSA) is 84.5 Å². The Balaban J connectivity index is 1.85. The van der Waals surface area contributed by atoms with Crippen LogP contribution in [0.5, 0.6) is 5.75 Å². The van der Waals surface area contributed by atoms with E-state index >= 15 is 0 Å². The molecule has 0 aliphatic heterocycles. The monoisotopic (exact) mass is 418 g/mol. The number of ether oxygens (including phenoxy) is 1. The summed E-state index contributed by atoms with van der Waals surface area (Å²) in [5.74, 6) is 0.663. The van der Waals surface area contributed by atoms with Crippen LogP contribution in [-0.4, -0.2) is 33.5 Å². The summed E-state index contributed by atoms with van der Waals surface area (Å²) >= 11 is 0. The summed E-state index contributed by atoms with van der Waals surface area (Å²) in [4.78, 5) is 12.5. The van der Waals surface area contributed by atoms with Crippen molar-refractivity contribution < 1.29 is 17.9 Å². The number of aryl methyl sites for hydroxylation is 2. The molecule has 0 heterocycles. The fraction of sp³-hybridized carbons (Fsp3) is 0.409. The van der Waals surface area contributed by atoms with Crippen molar-refractivity contribution in [1.82, 2.24) is 10.0 Å². The molecule has 0 saturated carbocycles. The summed E-state index contributed by atoms with van der Waals surface area (Å²) in [5, 5.41) is 2.71. The molecule has 0 radical (unpaired) electrons. The Kier molecular flexibility index (Phi) is 7.81. The molecule has 0 aromatic heterocycles. The maximum atomic E-state index is 12.4. The lowest BCUT2D eigenvalue weighted by molar-refractivity contribution is -0.127. The molecule has 29 heavy (non-hydrogen) atoms. The molecular formula is C22H30N2O4S. The smallest absolute Gasteiger partial charge is 0.260 e. The molecule has 2 rings (SSSR count). The predicted molar refractivity (Wildman–Crippen MR) is 115 cm³/mol. The van der Waals surface area contributed by atoms with Crippen LogP contribution in [0.1, 0.15) is 43.4 Å². The number of rotatable bonds is 9. The molecule has 2 N–H and O–H groups in total. The van der Waals surface area contributed by atoms with Crippen molar-refractivity contribution >= 4 is 15.9 Å². The van der Waals surface area contributed by atoms with Gasteiger partial charge in [0.2, 0.25) is 10.0 Å². The first-order chi connectivity index (χ1) is 13.6. The third-order valence-electron chi connectivity index (χ3n) is 4.72. The summed E-state index contributed by atoms with van der Waals surface area (Å²) < 4.78 is 33.1. The zero-order chi connectivity index (χ0) is 21.6. The summed E-state index contributed by atoms with van der Waals surface area (Å²) in [7, 11) is -3.61. The molecule has 0 fully saturated rings. The van der Waals surface area contributed by atoms with Crippen LogP contribution in [0, 0.1) is 13.8 Å². The van der Waals surface area contributed by atoms with Gasteiger partial charge in [-0.25, -0.2) is 13.1 Å². The number of nitrogens with one attached hydrogen (secondary N) is 2. The molecule has 0 saturated heterocycles. The maximum Gasteiger partial charge on any atom is 0.260 e. The molecule has 0 aliphatic carbocycles. The molecule has 0 spiro atoms. The van der Waals surface area contributed by atoms with Gasteiger partial charge in [-0.15, -0.1) is 0 Å². The van der Waals surface area contributed by atoms with Crippen molar-refractivity contribution in [2.45, 2.75) is 51.5 Å². The van der Waals surface area contributed by atoms with Gasteiger partial charge in [0.05, 0.1) is 4.90 Å². The van der Waals surface area contributed by atoms with Gasteiger partial charge in [-0.3, -0.25) is 4.79 Å². The van der Waals surface area contributed by atoms with E-state index in [2.05, 4.69) is 23.9 Å². The van der Waals surface area contributed by atoms with Crippen molar-refractivity contribution in [3.8, 4) is 5.75 Å². The van der Waals surface area contributed by atoms with E-state index in [1.165, 1.54) is 0 Å². The molecular weight excluding hydrogens is 388 g/mol. The van der Waals surface area contributed by atoms with Gasteiger partial charge >= 0.3 is 0 Å². The minimum absolute atomic E-state index is 0.0936.